The average molecular weight is 403 g/mol. The largest absolute Gasteiger partial charge is 0.338 e. The Bertz CT molecular complexity index is 1050. The summed E-state index contributed by atoms with van der Waals surface area (Å²) in [6.45, 7) is 5.10. The number of likely N-dealkylation sites (tertiary alicyclic amines) is 1. The molecule has 1 saturated heterocycles. The topological polar surface area (TPSA) is 80.1 Å². The van der Waals surface area contributed by atoms with Crippen molar-refractivity contribution in [3.8, 4) is 0 Å². The molecule has 0 aliphatic carbocycles. The van der Waals surface area contributed by atoms with Crippen LogP contribution < -0.4 is 5.32 Å². The fourth-order valence-electron chi connectivity index (χ4n) is 3.81. The average Bonchev–Trinajstić information content (AvgIpc) is 3.22. The standard InChI is InChI=1S/C23H25N5O2/c1-16-5-3-4-6-20(16)22(29)26-21-9-12-25-28(21)19-10-13-27(14-11-19)23(30)18-8-7-17(2)24-15-18/h3-9,12,15,19H,10-11,13-14H2,1-2H3,(H,26,29). The molecule has 0 bridgehead atoms. The first-order valence-corrected chi connectivity index (χ1v) is 10.2. The van der Waals surface area contributed by atoms with Crippen molar-refractivity contribution in [3.05, 3.63) is 77.2 Å². The first-order chi connectivity index (χ1) is 14.5. The molecule has 0 saturated carbocycles. The minimum Gasteiger partial charge on any atom is -0.338 e. The number of rotatable bonds is 4. The summed E-state index contributed by atoms with van der Waals surface area (Å²) in [4.78, 5) is 31.5. The molecule has 7 heteroatoms. The van der Waals surface area contributed by atoms with Gasteiger partial charge in [-0.25, -0.2) is 4.68 Å². The van der Waals surface area contributed by atoms with Crippen molar-refractivity contribution in [1.82, 2.24) is 19.7 Å². The third kappa shape index (κ3) is 4.10. The van der Waals surface area contributed by atoms with Gasteiger partial charge >= 0.3 is 0 Å². The van der Waals surface area contributed by atoms with Gasteiger partial charge in [-0.3, -0.25) is 14.6 Å². The number of pyridine rings is 1. The molecular formula is C23H25N5O2. The van der Waals surface area contributed by atoms with Crippen molar-refractivity contribution in [2.45, 2.75) is 32.7 Å². The third-order valence-corrected chi connectivity index (χ3v) is 5.56. The van der Waals surface area contributed by atoms with Crippen LogP contribution >= 0.6 is 0 Å². The zero-order valence-electron chi connectivity index (χ0n) is 17.2. The fourth-order valence-corrected chi connectivity index (χ4v) is 3.81. The highest BCUT2D eigenvalue weighted by Gasteiger charge is 2.26. The van der Waals surface area contributed by atoms with Crippen LogP contribution in [-0.2, 0) is 0 Å². The monoisotopic (exact) mass is 403 g/mol. The van der Waals surface area contributed by atoms with Crippen LogP contribution in [0.1, 0.15) is 50.9 Å². The summed E-state index contributed by atoms with van der Waals surface area (Å²) in [5.41, 5.74) is 3.09. The van der Waals surface area contributed by atoms with E-state index in [0.717, 1.165) is 24.1 Å². The second-order valence-corrected chi connectivity index (χ2v) is 7.64. The maximum Gasteiger partial charge on any atom is 0.257 e. The van der Waals surface area contributed by atoms with Gasteiger partial charge < -0.3 is 10.2 Å². The molecule has 1 aliphatic heterocycles. The van der Waals surface area contributed by atoms with Crippen LogP contribution in [0.25, 0.3) is 0 Å². The van der Waals surface area contributed by atoms with Gasteiger partial charge in [0.25, 0.3) is 11.8 Å². The minimum atomic E-state index is -0.144. The molecule has 30 heavy (non-hydrogen) atoms. The van der Waals surface area contributed by atoms with Gasteiger partial charge in [-0.2, -0.15) is 5.10 Å². The summed E-state index contributed by atoms with van der Waals surface area (Å²) in [7, 11) is 0. The zero-order chi connectivity index (χ0) is 21.1. The highest BCUT2D eigenvalue weighted by Crippen LogP contribution is 2.26. The number of amides is 2. The van der Waals surface area contributed by atoms with Gasteiger partial charge in [0.05, 0.1) is 17.8 Å². The second kappa shape index (κ2) is 8.49. The number of benzene rings is 1. The van der Waals surface area contributed by atoms with E-state index in [1.165, 1.54) is 0 Å². The Morgan fingerprint density at radius 2 is 1.80 bits per heavy atom. The lowest BCUT2D eigenvalue weighted by Crippen LogP contribution is -2.39. The van der Waals surface area contributed by atoms with Crippen molar-refractivity contribution in [2.75, 3.05) is 18.4 Å². The van der Waals surface area contributed by atoms with Gasteiger partial charge in [0, 0.05) is 36.6 Å². The van der Waals surface area contributed by atoms with Crippen LogP contribution in [0.3, 0.4) is 0 Å². The SMILES string of the molecule is Cc1ccc(C(=O)N2CCC(n3nccc3NC(=O)c3ccccc3C)CC2)cn1. The molecule has 3 heterocycles. The number of aromatic nitrogens is 3. The van der Waals surface area contributed by atoms with E-state index in [1.54, 1.807) is 12.4 Å². The first kappa shape index (κ1) is 19.8. The van der Waals surface area contributed by atoms with Gasteiger partial charge in [-0.05, 0) is 50.5 Å². The second-order valence-electron chi connectivity index (χ2n) is 7.64. The maximum absolute atomic E-state index is 12.7. The molecule has 1 aromatic carbocycles. The first-order valence-electron chi connectivity index (χ1n) is 10.2. The quantitative estimate of drug-likeness (QED) is 0.721. The molecule has 1 N–H and O–H groups in total. The Balaban J connectivity index is 1.41. The van der Waals surface area contributed by atoms with Crippen molar-refractivity contribution < 1.29 is 9.59 Å². The summed E-state index contributed by atoms with van der Waals surface area (Å²) in [5.74, 6) is 0.541. The lowest BCUT2D eigenvalue weighted by atomic mass is 10.0. The lowest BCUT2D eigenvalue weighted by Gasteiger charge is -2.32. The van der Waals surface area contributed by atoms with Gasteiger partial charge in [0.15, 0.2) is 0 Å². The smallest absolute Gasteiger partial charge is 0.257 e. The van der Waals surface area contributed by atoms with E-state index < -0.39 is 0 Å². The number of hydrogen-bond acceptors (Lipinski definition) is 4. The minimum absolute atomic E-state index is 0.00879. The molecule has 154 valence electrons. The Labute approximate surface area is 175 Å². The number of piperidine rings is 1. The van der Waals surface area contributed by atoms with Crippen molar-refractivity contribution in [1.29, 1.82) is 0 Å². The van der Waals surface area contributed by atoms with Crippen molar-refractivity contribution in [2.24, 2.45) is 0 Å². The van der Waals surface area contributed by atoms with E-state index in [9.17, 15) is 9.59 Å². The van der Waals surface area contributed by atoms with E-state index in [-0.39, 0.29) is 17.9 Å². The molecule has 7 nitrogen and oxygen atoms in total. The number of hydrogen-bond donors (Lipinski definition) is 1. The van der Waals surface area contributed by atoms with Crippen molar-refractivity contribution in [3.63, 3.8) is 0 Å². The summed E-state index contributed by atoms with van der Waals surface area (Å²) in [6.07, 6.45) is 4.89. The predicted octanol–water partition coefficient (Wildman–Crippen LogP) is 3.62. The molecule has 0 radical (unpaired) electrons. The number of carbonyl (C=O) groups excluding carboxylic acids is 2. The summed E-state index contributed by atoms with van der Waals surface area (Å²) in [6, 6.07) is 13.1. The molecule has 1 aliphatic rings. The molecule has 3 aromatic rings. The normalized spacial score (nSPS) is 14.5. The number of nitrogens with zero attached hydrogens (tertiary/aromatic N) is 4. The Morgan fingerprint density at radius 1 is 1.03 bits per heavy atom. The molecule has 2 amide bonds. The highest BCUT2D eigenvalue weighted by molar-refractivity contribution is 6.04. The Morgan fingerprint density at radius 3 is 2.50 bits per heavy atom. The van der Waals surface area contributed by atoms with Crippen LogP contribution in [0.5, 0.6) is 0 Å². The van der Waals surface area contributed by atoms with E-state index in [1.807, 2.05) is 65.9 Å². The number of aryl methyl sites for hydroxylation is 2. The van der Waals surface area contributed by atoms with Gasteiger partial charge in [0.2, 0.25) is 0 Å². The Hall–Kier alpha value is -3.48. The highest BCUT2D eigenvalue weighted by atomic mass is 16.2. The zero-order valence-corrected chi connectivity index (χ0v) is 17.2. The van der Waals surface area contributed by atoms with E-state index >= 15 is 0 Å². The predicted molar refractivity (Wildman–Crippen MR) is 115 cm³/mol. The maximum atomic E-state index is 12.7. The van der Waals surface area contributed by atoms with Crippen LogP contribution in [0.2, 0.25) is 0 Å². The van der Waals surface area contributed by atoms with Gasteiger partial charge in [-0.15, -0.1) is 0 Å². The summed E-state index contributed by atoms with van der Waals surface area (Å²) >= 11 is 0. The molecule has 0 spiro atoms. The van der Waals surface area contributed by atoms with Crippen LogP contribution in [0.15, 0.2) is 54.9 Å². The van der Waals surface area contributed by atoms with Crippen LogP contribution in [-0.4, -0.2) is 44.6 Å². The van der Waals surface area contributed by atoms with Crippen LogP contribution in [0, 0.1) is 13.8 Å². The van der Waals surface area contributed by atoms with E-state index in [2.05, 4.69) is 15.4 Å². The molecule has 0 atom stereocenters. The molecule has 1 fully saturated rings. The number of nitrogens with one attached hydrogen (secondary N) is 1. The number of anilines is 1. The van der Waals surface area contributed by atoms with Crippen molar-refractivity contribution >= 4 is 17.6 Å². The van der Waals surface area contributed by atoms with Gasteiger partial charge in [0.1, 0.15) is 5.82 Å². The number of carbonyl (C=O) groups is 2. The van der Waals surface area contributed by atoms with E-state index in [0.29, 0.717) is 30.0 Å². The summed E-state index contributed by atoms with van der Waals surface area (Å²) < 4.78 is 1.87. The molecule has 0 unspecified atom stereocenters. The Kier molecular flexibility index (Phi) is 5.61. The third-order valence-electron chi connectivity index (χ3n) is 5.56. The summed E-state index contributed by atoms with van der Waals surface area (Å²) in [5, 5.41) is 7.42. The molecular weight excluding hydrogens is 378 g/mol. The fraction of sp³-hybridized carbons (Fsp3) is 0.304. The van der Waals surface area contributed by atoms with Crippen LogP contribution in [0.4, 0.5) is 5.82 Å². The molecule has 4 rings (SSSR count). The van der Waals surface area contributed by atoms with E-state index in [4.69, 9.17) is 0 Å². The van der Waals surface area contributed by atoms with Gasteiger partial charge in [-0.1, -0.05) is 18.2 Å². The lowest BCUT2D eigenvalue weighted by molar-refractivity contribution is 0.0690. The molecule has 2 aromatic heterocycles.